The SMILES string of the molecule is O=C(O)c1cccc2ccsc12. The van der Waals surface area contributed by atoms with Gasteiger partial charge in [0.15, 0.2) is 0 Å². The molecule has 3 heteroatoms. The summed E-state index contributed by atoms with van der Waals surface area (Å²) in [6, 6.07) is 7.23. The van der Waals surface area contributed by atoms with E-state index in [0.29, 0.717) is 5.56 Å². The van der Waals surface area contributed by atoms with Crippen molar-refractivity contribution in [2.24, 2.45) is 0 Å². The molecule has 12 heavy (non-hydrogen) atoms. The Morgan fingerprint density at radius 1 is 1.33 bits per heavy atom. The van der Waals surface area contributed by atoms with E-state index in [1.54, 1.807) is 12.1 Å². The van der Waals surface area contributed by atoms with Gasteiger partial charge in [0.1, 0.15) is 0 Å². The van der Waals surface area contributed by atoms with Crippen molar-refractivity contribution in [1.82, 2.24) is 0 Å². The highest BCUT2D eigenvalue weighted by atomic mass is 32.1. The van der Waals surface area contributed by atoms with Crippen molar-refractivity contribution in [2.75, 3.05) is 0 Å². The van der Waals surface area contributed by atoms with Gasteiger partial charge in [0.25, 0.3) is 0 Å². The third kappa shape index (κ3) is 0.987. The number of hydrogen-bond donors (Lipinski definition) is 1. The molecule has 1 aromatic carbocycles. The van der Waals surface area contributed by atoms with Crippen LogP contribution in [0.4, 0.5) is 0 Å². The summed E-state index contributed by atoms with van der Waals surface area (Å²) >= 11 is 1.46. The average molecular weight is 178 g/mol. The van der Waals surface area contributed by atoms with E-state index >= 15 is 0 Å². The van der Waals surface area contributed by atoms with E-state index in [1.165, 1.54) is 11.3 Å². The van der Waals surface area contributed by atoms with E-state index in [9.17, 15) is 4.79 Å². The minimum Gasteiger partial charge on any atom is -0.478 e. The molecule has 2 nitrogen and oxygen atoms in total. The molecule has 0 aliphatic heterocycles. The second-order valence-electron chi connectivity index (χ2n) is 2.45. The molecule has 1 aromatic heterocycles. The maximum absolute atomic E-state index is 10.7. The summed E-state index contributed by atoms with van der Waals surface area (Å²) in [6.45, 7) is 0. The van der Waals surface area contributed by atoms with Gasteiger partial charge in [0, 0.05) is 4.70 Å². The Balaban J connectivity index is 2.82. The smallest absolute Gasteiger partial charge is 0.337 e. The number of fused-ring (bicyclic) bond motifs is 1. The zero-order chi connectivity index (χ0) is 8.55. The van der Waals surface area contributed by atoms with Gasteiger partial charge in [-0.15, -0.1) is 11.3 Å². The number of carbonyl (C=O) groups is 1. The molecule has 0 saturated carbocycles. The van der Waals surface area contributed by atoms with Gasteiger partial charge in [-0.2, -0.15) is 0 Å². The Morgan fingerprint density at radius 3 is 2.92 bits per heavy atom. The lowest BCUT2D eigenvalue weighted by Gasteiger charge is -1.94. The van der Waals surface area contributed by atoms with Crippen molar-refractivity contribution >= 4 is 27.4 Å². The van der Waals surface area contributed by atoms with Crippen LogP contribution in [0.15, 0.2) is 29.6 Å². The molecule has 1 N–H and O–H groups in total. The first-order valence-electron chi connectivity index (χ1n) is 3.48. The first kappa shape index (κ1) is 7.31. The predicted molar refractivity (Wildman–Crippen MR) is 48.8 cm³/mol. The van der Waals surface area contributed by atoms with Crippen LogP contribution in [-0.2, 0) is 0 Å². The molecular formula is C9H6O2S. The summed E-state index contributed by atoms with van der Waals surface area (Å²) < 4.78 is 0.852. The molecule has 1 heterocycles. The van der Waals surface area contributed by atoms with E-state index in [-0.39, 0.29) is 0 Å². The molecule has 0 aliphatic carbocycles. The Bertz CT molecular complexity index is 431. The zero-order valence-corrected chi connectivity index (χ0v) is 6.97. The van der Waals surface area contributed by atoms with Crippen molar-refractivity contribution in [2.45, 2.75) is 0 Å². The normalized spacial score (nSPS) is 10.3. The third-order valence-electron chi connectivity index (χ3n) is 1.71. The lowest BCUT2D eigenvalue weighted by Crippen LogP contribution is -1.94. The number of benzene rings is 1. The molecule has 0 saturated heterocycles. The van der Waals surface area contributed by atoms with Crippen LogP contribution in [0.25, 0.3) is 10.1 Å². The van der Waals surface area contributed by atoms with Gasteiger partial charge in [-0.3, -0.25) is 0 Å². The molecule has 0 atom stereocenters. The van der Waals surface area contributed by atoms with Crippen LogP contribution in [0.3, 0.4) is 0 Å². The zero-order valence-electron chi connectivity index (χ0n) is 6.15. The first-order valence-corrected chi connectivity index (χ1v) is 4.36. The summed E-state index contributed by atoms with van der Waals surface area (Å²) in [5.74, 6) is -0.858. The highest BCUT2D eigenvalue weighted by Gasteiger charge is 2.07. The van der Waals surface area contributed by atoms with Crippen molar-refractivity contribution in [3.63, 3.8) is 0 Å². The fourth-order valence-corrected chi connectivity index (χ4v) is 2.07. The lowest BCUT2D eigenvalue weighted by atomic mass is 10.2. The van der Waals surface area contributed by atoms with E-state index in [0.717, 1.165) is 10.1 Å². The Labute approximate surface area is 73.1 Å². The number of rotatable bonds is 1. The summed E-state index contributed by atoms with van der Waals surface area (Å²) in [7, 11) is 0. The van der Waals surface area contributed by atoms with Gasteiger partial charge >= 0.3 is 5.97 Å². The summed E-state index contributed by atoms with van der Waals surface area (Å²) in [4.78, 5) is 10.7. The van der Waals surface area contributed by atoms with Crippen molar-refractivity contribution in [3.05, 3.63) is 35.2 Å². The minimum atomic E-state index is -0.858. The molecule has 0 bridgehead atoms. The van der Waals surface area contributed by atoms with Gasteiger partial charge < -0.3 is 5.11 Å². The van der Waals surface area contributed by atoms with E-state index in [4.69, 9.17) is 5.11 Å². The fraction of sp³-hybridized carbons (Fsp3) is 0. The molecule has 60 valence electrons. The number of thiophene rings is 1. The highest BCUT2D eigenvalue weighted by Crippen LogP contribution is 2.24. The average Bonchev–Trinajstić information content (AvgIpc) is 2.49. The second-order valence-corrected chi connectivity index (χ2v) is 3.37. The Kier molecular flexibility index (Phi) is 1.59. The molecule has 0 spiro atoms. The van der Waals surface area contributed by atoms with E-state index in [2.05, 4.69) is 0 Å². The van der Waals surface area contributed by atoms with Gasteiger partial charge in [-0.05, 0) is 22.9 Å². The van der Waals surface area contributed by atoms with Gasteiger partial charge in [-0.25, -0.2) is 4.79 Å². The molecule has 0 aliphatic rings. The second kappa shape index (κ2) is 2.60. The van der Waals surface area contributed by atoms with Gasteiger partial charge in [0.2, 0.25) is 0 Å². The molecule has 2 aromatic rings. The van der Waals surface area contributed by atoms with Crippen LogP contribution in [0.5, 0.6) is 0 Å². The highest BCUT2D eigenvalue weighted by molar-refractivity contribution is 7.17. The third-order valence-corrected chi connectivity index (χ3v) is 2.67. The summed E-state index contributed by atoms with van der Waals surface area (Å²) in [6.07, 6.45) is 0. The van der Waals surface area contributed by atoms with Crippen LogP contribution < -0.4 is 0 Å². The topological polar surface area (TPSA) is 37.3 Å². The number of carboxylic acids is 1. The number of aromatic carboxylic acids is 1. The minimum absolute atomic E-state index is 0.391. The predicted octanol–water partition coefficient (Wildman–Crippen LogP) is 2.60. The molecule has 0 fully saturated rings. The Morgan fingerprint density at radius 2 is 2.17 bits per heavy atom. The summed E-state index contributed by atoms with van der Waals surface area (Å²) in [5, 5.41) is 11.7. The monoisotopic (exact) mass is 178 g/mol. The van der Waals surface area contributed by atoms with Crippen LogP contribution in [0, 0.1) is 0 Å². The number of hydrogen-bond acceptors (Lipinski definition) is 2. The largest absolute Gasteiger partial charge is 0.478 e. The molecular weight excluding hydrogens is 172 g/mol. The molecule has 0 unspecified atom stereocenters. The molecule has 0 radical (unpaired) electrons. The standard InChI is InChI=1S/C9H6O2S/c10-9(11)7-3-1-2-6-4-5-12-8(6)7/h1-5H,(H,10,11). The van der Waals surface area contributed by atoms with E-state index in [1.807, 2.05) is 17.5 Å². The van der Waals surface area contributed by atoms with Crippen LogP contribution >= 0.6 is 11.3 Å². The van der Waals surface area contributed by atoms with Crippen LogP contribution in [-0.4, -0.2) is 11.1 Å². The quantitative estimate of drug-likeness (QED) is 0.728. The first-order chi connectivity index (χ1) is 5.79. The maximum atomic E-state index is 10.7. The van der Waals surface area contributed by atoms with Gasteiger partial charge in [0.05, 0.1) is 5.56 Å². The Hall–Kier alpha value is -1.35. The van der Waals surface area contributed by atoms with Crippen molar-refractivity contribution in [3.8, 4) is 0 Å². The van der Waals surface area contributed by atoms with Crippen LogP contribution in [0.2, 0.25) is 0 Å². The van der Waals surface area contributed by atoms with Crippen LogP contribution in [0.1, 0.15) is 10.4 Å². The van der Waals surface area contributed by atoms with Gasteiger partial charge in [-0.1, -0.05) is 12.1 Å². The fourth-order valence-electron chi connectivity index (χ4n) is 1.16. The maximum Gasteiger partial charge on any atom is 0.337 e. The van der Waals surface area contributed by atoms with E-state index < -0.39 is 5.97 Å². The molecule has 2 rings (SSSR count). The van der Waals surface area contributed by atoms with Crippen molar-refractivity contribution in [1.29, 1.82) is 0 Å². The molecule has 0 amide bonds. The lowest BCUT2D eigenvalue weighted by molar-refractivity contribution is 0.0699. The summed E-state index contributed by atoms with van der Waals surface area (Å²) in [5.41, 5.74) is 0.391. The van der Waals surface area contributed by atoms with Crippen molar-refractivity contribution < 1.29 is 9.90 Å². The number of carboxylic acid groups (broad SMARTS) is 1.